The molecule has 1 aromatic heterocycles. The number of halogens is 1. The van der Waals surface area contributed by atoms with Gasteiger partial charge in [0.1, 0.15) is 0 Å². The molecule has 7 heteroatoms. The van der Waals surface area contributed by atoms with Gasteiger partial charge >= 0.3 is 0 Å². The monoisotopic (exact) mass is 340 g/mol. The molecule has 4 nitrogen and oxygen atoms in total. The largest absolute Gasteiger partial charge is 0.251 e. The van der Waals surface area contributed by atoms with E-state index in [1.165, 1.54) is 17.5 Å². The van der Waals surface area contributed by atoms with Crippen molar-refractivity contribution < 1.29 is 8.42 Å². The summed E-state index contributed by atoms with van der Waals surface area (Å²) in [6.45, 7) is 4.35. The van der Waals surface area contributed by atoms with Crippen LogP contribution in [0.25, 0.3) is 0 Å². The number of hydrogen-bond acceptors (Lipinski definition) is 4. The van der Waals surface area contributed by atoms with Crippen molar-refractivity contribution in [2.75, 3.05) is 11.9 Å². The molecule has 0 aliphatic carbocycles. The number of thiazole rings is 1. The number of nitrogens with zero attached hydrogens (tertiary/aromatic N) is 1. The average molecular weight is 341 g/mol. The second-order valence-electron chi connectivity index (χ2n) is 3.80. The number of nitrogens with one attached hydrogen (secondary N) is 1. The van der Waals surface area contributed by atoms with Gasteiger partial charge < -0.3 is 0 Å². The van der Waals surface area contributed by atoms with E-state index in [2.05, 4.69) is 32.6 Å². The fraction of sp³-hybridized carbons (Fsp3) is 0.700. The topological polar surface area (TPSA) is 59.1 Å². The van der Waals surface area contributed by atoms with Crippen molar-refractivity contribution >= 4 is 37.3 Å². The molecule has 0 saturated heterocycles. The Morgan fingerprint density at radius 3 is 2.76 bits per heavy atom. The quantitative estimate of drug-likeness (QED) is 0.776. The highest BCUT2D eigenvalue weighted by Gasteiger charge is 2.18. The zero-order valence-electron chi connectivity index (χ0n) is 9.94. The van der Waals surface area contributed by atoms with E-state index in [4.69, 9.17) is 0 Å². The second-order valence-corrected chi connectivity index (χ2v) is 7.82. The minimum atomic E-state index is -3.37. The van der Waals surface area contributed by atoms with Crippen molar-refractivity contribution in [3.63, 3.8) is 0 Å². The van der Waals surface area contributed by atoms with Crippen LogP contribution in [0.15, 0.2) is 10.4 Å². The Morgan fingerprint density at radius 2 is 2.29 bits per heavy atom. The molecule has 1 unspecified atom stereocenters. The molecule has 1 aromatic rings. The summed E-state index contributed by atoms with van der Waals surface area (Å²) in [5.74, 6) is 0.373. The van der Waals surface area contributed by atoms with Crippen LogP contribution in [0.1, 0.15) is 24.8 Å². The summed E-state index contributed by atoms with van der Waals surface area (Å²) in [4.78, 5) is 3.96. The SMILES string of the molecule is CCC(CCBr)CNS(=O)(=O)c1cnc(C)s1. The Morgan fingerprint density at radius 1 is 1.59 bits per heavy atom. The lowest BCUT2D eigenvalue weighted by Gasteiger charge is -2.13. The van der Waals surface area contributed by atoms with Crippen molar-refractivity contribution in [2.45, 2.75) is 30.9 Å². The Bertz CT molecular complexity index is 445. The van der Waals surface area contributed by atoms with Gasteiger partial charge in [0, 0.05) is 11.9 Å². The number of hydrogen-bond donors (Lipinski definition) is 1. The van der Waals surface area contributed by atoms with Crippen LogP contribution in [0.2, 0.25) is 0 Å². The Kier molecular flexibility index (Phi) is 6.05. The maximum absolute atomic E-state index is 11.9. The normalized spacial score (nSPS) is 13.8. The van der Waals surface area contributed by atoms with Gasteiger partial charge in [-0.25, -0.2) is 18.1 Å². The lowest BCUT2D eigenvalue weighted by atomic mass is 10.0. The predicted molar refractivity (Wildman–Crippen MR) is 74.2 cm³/mol. The molecule has 0 aliphatic heterocycles. The summed E-state index contributed by atoms with van der Waals surface area (Å²) in [7, 11) is -3.37. The lowest BCUT2D eigenvalue weighted by molar-refractivity contribution is 0.483. The van der Waals surface area contributed by atoms with Gasteiger partial charge in [-0.15, -0.1) is 11.3 Å². The smallest absolute Gasteiger partial charge is 0.249 e. The van der Waals surface area contributed by atoms with E-state index in [0.717, 1.165) is 23.2 Å². The van der Waals surface area contributed by atoms with Gasteiger partial charge in [-0.2, -0.15) is 0 Å². The van der Waals surface area contributed by atoms with Gasteiger partial charge in [0.05, 0.1) is 11.2 Å². The first-order chi connectivity index (χ1) is 7.99. The lowest BCUT2D eigenvalue weighted by Crippen LogP contribution is -2.29. The Balaban J connectivity index is 2.61. The molecule has 0 radical (unpaired) electrons. The molecule has 1 N–H and O–H groups in total. The molecule has 0 amide bonds. The minimum Gasteiger partial charge on any atom is -0.249 e. The number of rotatable bonds is 7. The summed E-state index contributed by atoms with van der Waals surface area (Å²) in [6, 6.07) is 0. The molecule has 0 saturated carbocycles. The van der Waals surface area contributed by atoms with E-state index in [1.54, 1.807) is 6.92 Å². The van der Waals surface area contributed by atoms with Crippen LogP contribution in [0, 0.1) is 12.8 Å². The number of aromatic nitrogens is 1. The number of sulfonamides is 1. The standard InChI is InChI=1S/C10H17BrN2O2S2/c1-3-9(4-5-11)6-13-17(14,15)10-7-12-8(2)16-10/h7,9,13H,3-6H2,1-2H3. The van der Waals surface area contributed by atoms with Crippen molar-refractivity contribution in [1.29, 1.82) is 0 Å². The molecular formula is C10H17BrN2O2S2. The fourth-order valence-corrected chi connectivity index (χ4v) is 4.29. The van der Waals surface area contributed by atoms with E-state index in [9.17, 15) is 8.42 Å². The van der Waals surface area contributed by atoms with Crippen LogP contribution < -0.4 is 4.72 Å². The highest BCUT2D eigenvalue weighted by molar-refractivity contribution is 9.09. The molecule has 0 aliphatic rings. The third-order valence-corrected chi connectivity index (χ3v) is 5.78. The van der Waals surface area contributed by atoms with E-state index in [1.807, 2.05) is 0 Å². The maximum Gasteiger partial charge on any atom is 0.251 e. The first-order valence-corrected chi connectivity index (χ1v) is 8.89. The van der Waals surface area contributed by atoms with Crippen LogP contribution in [-0.2, 0) is 10.0 Å². The molecule has 0 spiro atoms. The molecule has 1 heterocycles. The van der Waals surface area contributed by atoms with E-state index in [-0.39, 0.29) is 0 Å². The van der Waals surface area contributed by atoms with Gasteiger partial charge in [-0.1, -0.05) is 29.3 Å². The number of alkyl halides is 1. The second kappa shape index (κ2) is 6.82. The molecular weight excluding hydrogens is 324 g/mol. The van der Waals surface area contributed by atoms with Crippen molar-refractivity contribution in [3.8, 4) is 0 Å². The zero-order chi connectivity index (χ0) is 12.9. The van der Waals surface area contributed by atoms with Crippen LogP contribution >= 0.6 is 27.3 Å². The summed E-state index contributed by atoms with van der Waals surface area (Å²) in [6.07, 6.45) is 3.35. The van der Waals surface area contributed by atoms with Crippen LogP contribution in [-0.4, -0.2) is 25.3 Å². The minimum absolute atomic E-state index is 0.295. The van der Waals surface area contributed by atoms with Crippen LogP contribution in [0.4, 0.5) is 0 Å². The Labute approximate surface area is 115 Å². The molecule has 0 aromatic carbocycles. The first kappa shape index (κ1) is 15.1. The highest BCUT2D eigenvalue weighted by Crippen LogP contribution is 2.18. The van der Waals surface area contributed by atoms with Gasteiger partial charge in [-0.3, -0.25) is 0 Å². The molecule has 0 fully saturated rings. The first-order valence-electron chi connectivity index (χ1n) is 5.47. The van der Waals surface area contributed by atoms with E-state index in [0.29, 0.717) is 16.7 Å². The zero-order valence-corrected chi connectivity index (χ0v) is 13.2. The van der Waals surface area contributed by atoms with Crippen molar-refractivity contribution in [3.05, 3.63) is 11.2 Å². The molecule has 17 heavy (non-hydrogen) atoms. The molecule has 98 valence electrons. The third-order valence-electron chi connectivity index (χ3n) is 2.52. The van der Waals surface area contributed by atoms with Crippen LogP contribution in [0.5, 0.6) is 0 Å². The Hall–Kier alpha value is 0.0200. The third kappa shape index (κ3) is 4.65. The molecule has 1 atom stereocenters. The summed E-state index contributed by atoms with van der Waals surface area (Å²) in [5.41, 5.74) is 0. The fourth-order valence-electron chi connectivity index (χ4n) is 1.37. The molecule has 0 bridgehead atoms. The van der Waals surface area contributed by atoms with Gasteiger partial charge in [0.15, 0.2) is 4.21 Å². The predicted octanol–water partition coefficient (Wildman–Crippen LogP) is 2.54. The summed E-state index contributed by atoms with van der Waals surface area (Å²) < 4.78 is 26.8. The highest BCUT2D eigenvalue weighted by atomic mass is 79.9. The summed E-state index contributed by atoms with van der Waals surface area (Å²) >= 11 is 4.57. The van der Waals surface area contributed by atoms with Crippen molar-refractivity contribution in [1.82, 2.24) is 9.71 Å². The number of aryl methyl sites for hydroxylation is 1. The van der Waals surface area contributed by atoms with Gasteiger partial charge in [0.2, 0.25) is 0 Å². The van der Waals surface area contributed by atoms with Gasteiger partial charge in [0.25, 0.3) is 10.0 Å². The van der Waals surface area contributed by atoms with E-state index >= 15 is 0 Å². The average Bonchev–Trinajstić information content (AvgIpc) is 2.72. The van der Waals surface area contributed by atoms with Crippen LogP contribution in [0.3, 0.4) is 0 Å². The maximum atomic E-state index is 11.9. The summed E-state index contributed by atoms with van der Waals surface area (Å²) in [5, 5.41) is 1.66. The van der Waals surface area contributed by atoms with Crippen molar-refractivity contribution in [2.24, 2.45) is 5.92 Å². The van der Waals surface area contributed by atoms with Gasteiger partial charge in [-0.05, 0) is 19.3 Å². The molecule has 1 rings (SSSR count). The van der Waals surface area contributed by atoms with E-state index < -0.39 is 10.0 Å².